The Morgan fingerprint density at radius 1 is 1.00 bits per heavy atom. The van der Waals surface area contributed by atoms with Crippen molar-refractivity contribution in [2.45, 2.75) is 46.3 Å². The first kappa shape index (κ1) is 26.3. The number of amides is 1. The van der Waals surface area contributed by atoms with Crippen LogP contribution in [0.3, 0.4) is 0 Å². The van der Waals surface area contributed by atoms with Gasteiger partial charge in [-0.25, -0.2) is 0 Å². The van der Waals surface area contributed by atoms with E-state index in [1.165, 1.54) is 16.2 Å². The highest BCUT2D eigenvalue weighted by molar-refractivity contribution is 7.15. The summed E-state index contributed by atoms with van der Waals surface area (Å²) in [6.45, 7) is 8.42. The van der Waals surface area contributed by atoms with Crippen molar-refractivity contribution in [3.05, 3.63) is 111 Å². The van der Waals surface area contributed by atoms with Gasteiger partial charge in [0.05, 0.1) is 11.6 Å². The lowest BCUT2D eigenvalue weighted by Crippen LogP contribution is -2.29. The molecule has 0 bridgehead atoms. The number of carbonyl (C=O) groups is 2. The molecule has 3 aromatic carbocycles. The van der Waals surface area contributed by atoms with Crippen LogP contribution in [0, 0.1) is 13.8 Å². The molecule has 4 aromatic rings. The number of benzene rings is 3. The van der Waals surface area contributed by atoms with E-state index < -0.39 is 17.7 Å². The standard InChI is InChI=1S/C31H29N3O4S/c1-18(2)22-8-10-23(11-9-22)27-26(29(36)30(37)34(27)31-33-32-20(4)39-31)28(35)24-12-14-25(15-13-24)38-17-21-7-5-6-19(3)16-21/h5-16,18,27,35H,17H2,1-4H3/t27-/m0/s1. The number of ether oxygens (including phenoxy) is 1. The van der Waals surface area contributed by atoms with Gasteiger partial charge in [-0.1, -0.05) is 79.3 Å². The molecular formula is C31H29N3O4S. The Morgan fingerprint density at radius 3 is 2.33 bits per heavy atom. The zero-order chi connectivity index (χ0) is 27.7. The number of hydrogen-bond acceptors (Lipinski definition) is 7. The van der Waals surface area contributed by atoms with Crippen LogP contribution in [0.1, 0.15) is 58.6 Å². The van der Waals surface area contributed by atoms with E-state index >= 15 is 0 Å². The van der Waals surface area contributed by atoms with Crippen LogP contribution < -0.4 is 9.64 Å². The third-order valence-corrected chi connectivity index (χ3v) is 7.54. The lowest BCUT2D eigenvalue weighted by molar-refractivity contribution is -0.132. The van der Waals surface area contributed by atoms with Gasteiger partial charge < -0.3 is 9.84 Å². The molecule has 39 heavy (non-hydrogen) atoms. The molecule has 1 aromatic heterocycles. The van der Waals surface area contributed by atoms with E-state index in [0.29, 0.717) is 39.5 Å². The van der Waals surface area contributed by atoms with Gasteiger partial charge in [-0.2, -0.15) is 0 Å². The number of aliphatic hydroxyl groups is 1. The van der Waals surface area contributed by atoms with Gasteiger partial charge in [0.25, 0.3) is 5.78 Å². The Hall–Kier alpha value is -4.30. The minimum atomic E-state index is -0.837. The molecule has 0 saturated carbocycles. The summed E-state index contributed by atoms with van der Waals surface area (Å²) in [7, 11) is 0. The fourth-order valence-electron chi connectivity index (χ4n) is 4.63. The number of hydrogen-bond donors (Lipinski definition) is 1. The fraction of sp³-hybridized carbons (Fsp3) is 0.226. The lowest BCUT2D eigenvalue weighted by atomic mass is 9.93. The van der Waals surface area contributed by atoms with Gasteiger partial charge >= 0.3 is 5.91 Å². The van der Waals surface area contributed by atoms with Crippen LogP contribution in [0.5, 0.6) is 5.75 Å². The van der Waals surface area contributed by atoms with Crippen LogP contribution in [-0.4, -0.2) is 27.0 Å². The maximum absolute atomic E-state index is 13.3. The number of nitrogens with zero attached hydrogens (tertiary/aromatic N) is 3. The van der Waals surface area contributed by atoms with Gasteiger partial charge in [-0.3, -0.25) is 14.5 Å². The van der Waals surface area contributed by atoms with E-state index in [2.05, 4.69) is 30.1 Å². The number of anilines is 1. The predicted molar refractivity (Wildman–Crippen MR) is 152 cm³/mol. The smallest absolute Gasteiger partial charge is 0.301 e. The molecule has 1 aliphatic rings. The largest absolute Gasteiger partial charge is 0.507 e. The topological polar surface area (TPSA) is 92.6 Å². The Morgan fingerprint density at radius 2 is 1.72 bits per heavy atom. The van der Waals surface area contributed by atoms with Gasteiger partial charge in [0.2, 0.25) is 5.13 Å². The van der Waals surface area contributed by atoms with Crippen molar-refractivity contribution in [1.82, 2.24) is 10.2 Å². The van der Waals surface area contributed by atoms with E-state index in [-0.39, 0.29) is 11.3 Å². The average Bonchev–Trinajstić information content (AvgIpc) is 3.47. The van der Waals surface area contributed by atoms with E-state index in [1.807, 2.05) is 49.4 Å². The van der Waals surface area contributed by atoms with Crippen molar-refractivity contribution in [3.8, 4) is 5.75 Å². The van der Waals surface area contributed by atoms with Gasteiger partial charge in [0.1, 0.15) is 23.1 Å². The van der Waals surface area contributed by atoms with Crippen molar-refractivity contribution >= 4 is 33.9 Å². The molecule has 2 heterocycles. The lowest BCUT2D eigenvalue weighted by Gasteiger charge is -2.23. The van der Waals surface area contributed by atoms with Gasteiger partial charge in [-0.15, -0.1) is 10.2 Å². The zero-order valence-electron chi connectivity index (χ0n) is 22.2. The number of rotatable bonds is 7. The molecule has 1 amide bonds. The maximum atomic E-state index is 13.3. The minimum absolute atomic E-state index is 0.0126. The molecule has 198 valence electrons. The molecule has 0 unspecified atom stereocenters. The summed E-state index contributed by atoms with van der Waals surface area (Å²) in [5.74, 6) is -0.816. The zero-order valence-corrected chi connectivity index (χ0v) is 23.0. The van der Waals surface area contributed by atoms with Crippen molar-refractivity contribution in [2.75, 3.05) is 4.90 Å². The summed E-state index contributed by atoms with van der Waals surface area (Å²) in [5, 5.41) is 20.5. The van der Waals surface area contributed by atoms with Gasteiger partial charge in [0.15, 0.2) is 0 Å². The molecule has 0 spiro atoms. The fourth-order valence-corrected chi connectivity index (χ4v) is 5.34. The summed E-state index contributed by atoms with van der Waals surface area (Å²) in [6, 6.07) is 21.8. The number of ketones is 1. The van der Waals surface area contributed by atoms with Gasteiger partial charge in [-0.05, 0) is 60.7 Å². The molecule has 7 nitrogen and oxygen atoms in total. The van der Waals surface area contributed by atoms with Crippen molar-refractivity contribution in [2.24, 2.45) is 0 Å². The monoisotopic (exact) mass is 539 g/mol. The van der Waals surface area contributed by atoms with Crippen molar-refractivity contribution < 1.29 is 19.4 Å². The first-order chi connectivity index (χ1) is 18.7. The SMILES string of the molecule is Cc1cccc(COc2ccc(C(O)=C3C(=O)C(=O)N(c4nnc(C)s4)[C@H]3c3ccc(C(C)C)cc3)cc2)c1. The van der Waals surface area contributed by atoms with Crippen LogP contribution in [-0.2, 0) is 16.2 Å². The van der Waals surface area contributed by atoms with Crippen molar-refractivity contribution in [3.63, 3.8) is 0 Å². The molecule has 1 saturated heterocycles. The number of aryl methyl sites for hydroxylation is 2. The van der Waals surface area contributed by atoms with E-state index in [0.717, 1.165) is 16.7 Å². The number of carbonyl (C=O) groups excluding carboxylic acids is 2. The normalized spacial score (nSPS) is 16.7. The van der Waals surface area contributed by atoms with Crippen LogP contribution in [0.4, 0.5) is 5.13 Å². The summed E-state index contributed by atoms with van der Waals surface area (Å²) < 4.78 is 5.90. The second kappa shape index (κ2) is 10.8. The molecule has 1 aliphatic heterocycles. The highest BCUT2D eigenvalue weighted by Gasteiger charge is 2.48. The summed E-state index contributed by atoms with van der Waals surface area (Å²) >= 11 is 1.22. The summed E-state index contributed by atoms with van der Waals surface area (Å²) in [5.41, 5.74) is 4.46. The summed E-state index contributed by atoms with van der Waals surface area (Å²) in [6.07, 6.45) is 0. The molecule has 0 radical (unpaired) electrons. The maximum Gasteiger partial charge on any atom is 0.301 e. The van der Waals surface area contributed by atoms with Crippen LogP contribution in [0.15, 0.2) is 78.4 Å². The van der Waals surface area contributed by atoms with E-state index in [9.17, 15) is 14.7 Å². The van der Waals surface area contributed by atoms with E-state index in [4.69, 9.17) is 4.74 Å². The number of aliphatic hydroxyl groups excluding tert-OH is 1. The minimum Gasteiger partial charge on any atom is -0.507 e. The molecule has 0 aliphatic carbocycles. The Kier molecular flexibility index (Phi) is 7.30. The predicted octanol–water partition coefficient (Wildman–Crippen LogP) is 6.48. The Bertz CT molecular complexity index is 1560. The highest BCUT2D eigenvalue weighted by Crippen LogP contribution is 2.43. The highest BCUT2D eigenvalue weighted by atomic mass is 32.1. The number of aromatic nitrogens is 2. The average molecular weight is 540 g/mol. The molecule has 8 heteroatoms. The van der Waals surface area contributed by atoms with Crippen LogP contribution in [0.2, 0.25) is 0 Å². The van der Waals surface area contributed by atoms with E-state index in [1.54, 1.807) is 31.2 Å². The van der Waals surface area contributed by atoms with Crippen LogP contribution >= 0.6 is 11.3 Å². The third-order valence-electron chi connectivity index (χ3n) is 6.70. The quantitative estimate of drug-likeness (QED) is 0.164. The molecule has 5 rings (SSSR count). The van der Waals surface area contributed by atoms with Gasteiger partial charge in [0, 0.05) is 5.56 Å². The second-order valence-electron chi connectivity index (χ2n) is 9.90. The Balaban J connectivity index is 1.50. The molecule has 1 atom stereocenters. The number of Topliss-reactive ketones (excluding diaryl/α,β-unsaturated/α-hetero) is 1. The summed E-state index contributed by atoms with van der Waals surface area (Å²) in [4.78, 5) is 27.9. The second-order valence-corrected chi connectivity index (χ2v) is 11.1. The van der Waals surface area contributed by atoms with Crippen molar-refractivity contribution in [1.29, 1.82) is 0 Å². The molecular weight excluding hydrogens is 510 g/mol. The third kappa shape index (κ3) is 5.33. The van der Waals surface area contributed by atoms with Crippen LogP contribution in [0.25, 0.3) is 5.76 Å². The molecule has 1 fully saturated rings. The first-order valence-corrected chi connectivity index (χ1v) is 13.5. The first-order valence-electron chi connectivity index (χ1n) is 12.7. The molecule has 1 N–H and O–H groups in total. The Labute approximate surface area is 231 Å².